The average Bonchev–Trinajstić information content (AvgIpc) is 3.11. The number of hydrogen-bond acceptors (Lipinski definition) is 6. The summed E-state index contributed by atoms with van der Waals surface area (Å²) >= 11 is 3.61. The second-order valence-electron chi connectivity index (χ2n) is 7.30. The first-order valence-corrected chi connectivity index (χ1v) is 10.4. The number of nitrogens with zero attached hydrogens (tertiary/aromatic N) is 2. The fraction of sp³-hybridized carbons (Fsp3) is 0.217. The molecule has 1 aliphatic rings. The first-order valence-electron chi connectivity index (χ1n) is 9.61. The zero-order chi connectivity index (χ0) is 22.1. The number of aromatic amines is 1. The molecule has 3 N–H and O–H groups in total. The first kappa shape index (κ1) is 20.8. The quantitative estimate of drug-likeness (QED) is 0.552. The van der Waals surface area contributed by atoms with Gasteiger partial charge in [-0.3, -0.25) is 5.10 Å². The molecule has 0 saturated carbocycles. The van der Waals surface area contributed by atoms with Crippen LogP contribution in [0.2, 0.25) is 0 Å². The fourth-order valence-electron chi connectivity index (χ4n) is 3.74. The van der Waals surface area contributed by atoms with E-state index in [1.54, 1.807) is 7.11 Å². The highest BCUT2D eigenvalue weighted by Crippen LogP contribution is 2.46. The Hall–Kier alpha value is -3.44. The van der Waals surface area contributed by atoms with Gasteiger partial charge in [-0.1, -0.05) is 29.8 Å². The molecule has 1 aliphatic heterocycles. The predicted octanol–water partition coefficient (Wildman–Crippen LogP) is 4.59. The second kappa shape index (κ2) is 8.36. The molecule has 0 fully saturated rings. The number of hydrogen-bond donors (Lipinski definition) is 2. The molecule has 0 spiro atoms. The number of fused-ring (bicyclic) bond motifs is 1. The van der Waals surface area contributed by atoms with E-state index in [1.807, 2.05) is 44.2 Å². The van der Waals surface area contributed by atoms with E-state index < -0.39 is 5.92 Å². The highest BCUT2D eigenvalue weighted by Gasteiger charge is 2.35. The maximum absolute atomic E-state index is 9.76. The Morgan fingerprint density at radius 1 is 1.29 bits per heavy atom. The molecule has 0 aliphatic carbocycles. The van der Waals surface area contributed by atoms with Gasteiger partial charge < -0.3 is 19.9 Å². The van der Waals surface area contributed by atoms with Crippen molar-refractivity contribution in [1.29, 1.82) is 5.26 Å². The molecular formula is C23H21BrN4O3. The molecule has 31 heavy (non-hydrogen) atoms. The lowest BCUT2D eigenvalue weighted by Gasteiger charge is -2.25. The summed E-state index contributed by atoms with van der Waals surface area (Å²) in [6, 6.07) is 14.1. The zero-order valence-corrected chi connectivity index (χ0v) is 18.9. The molecule has 1 atom stereocenters. The number of nitriles is 1. The Balaban J connectivity index is 1.74. The standard InChI is InChI=1S/C23H21BrN4O3/c1-12-5-4-6-14(7-12)11-30-21-17(24)8-15(9-18(21)29-3)20-16(10-25)22(26)31-23-19(20)13(2)27-28-23/h4-9,20H,11,26H2,1-3H3,(H,27,28)/t20-/m1/s1. The van der Waals surface area contributed by atoms with Crippen LogP contribution in [-0.2, 0) is 6.61 Å². The lowest BCUT2D eigenvalue weighted by atomic mass is 9.84. The van der Waals surface area contributed by atoms with Crippen molar-refractivity contribution in [3.63, 3.8) is 0 Å². The Labute approximate surface area is 188 Å². The maximum Gasteiger partial charge on any atom is 0.244 e. The number of aryl methyl sites for hydroxylation is 2. The van der Waals surface area contributed by atoms with Gasteiger partial charge in [0.2, 0.25) is 11.8 Å². The van der Waals surface area contributed by atoms with Crippen molar-refractivity contribution in [3.05, 3.63) is 80.3 Å². The highest BCUT2D eigenvalue weighted by molar-refractivity contribution is 9.10. The number of H-pyrrole nitrogens is 1. The lowest BCUT2D eigenvalue weighted by molar-refractivity contribution is 0.282. The molecule has 0 bridgehead atoms. The minimum atomic E-state index is -0.441. The predicted molar refractivity (Wildman–Crippen MR) is 119 cm³/mol. The van der Waals surface area contributed by atoms with E-state index in [0.717, 1.165) is 22.4 Å². The van der Waals surface area contributed by atoms with Crippen LogP contribution in [0.15, 0.2) is 52.3 Å². The van der Waals surface area contributed by atoms with Crippen molar-refractivity contribution in [2.75, 3.05) is 7.11 Å². The van der Waals surface area contributed by atoms with E-state index in [0.29, 0.717) is 34.0 Å². The van der Waals surface area contributed by atoms with Crippen LogP contribution in [0.25, 0.3) is 0 Å². The summed E-state index contributed by atoms with van der Waals surface area (Å²) < 4.78 is 18.0. The Bertz CT molecular complexity index is 1230. The van der Waals surface area contributed by atoms with Crippen LogP contribution in [0.5, 0.6) is 17.4 Å². The van der Waals surface area contributed by atoms with Crippen LogP contribution in [0.1, 0.15) is 33.9 Å². The van der Waals surface area contributed by atoms with Gasteiger partial charge in [0.05, 0.1) is 17.5 Å². The summed E-state index contributed by atoms with van der Waals surface area (Å²) in [5, 5.41) is 16.8. The van der Waals surface area contributed by atoms with Crippen LogP contribution in [0, 0.1) is 25.2 Å². The summed E-state index contributed by atoms with van der Waals surface area (Å²) in [4.78, 5) is 0. The minimum Gasteiger partial charge on any atom is -0.493 e. The molecule has 8 heteroatoms. The number of benzene rings is 2. The van der Waals surface area contributed by atoms with E-state index in [9.17, 15) is 5.26 Å². The van der Waals surface area contributed by atoms with Gasteiger partial charge in [-0.15, -0.1) is 5.10 Å². The van der Waals surface area contributed by atoms with E-state index >= 15 is 0 Å². The zero-order valence-electron chi connectivity index (χ0n) is 17.3. The second-order valence-corrected chi connectivity index (χ2v) is 8.16. The van der Waals surface area contributed by atoms with Crippen LogP contribution in [0.4, 0.5) is 0 Å². The summed E-state index contributed by atoms with van der Waals surface area (Å²) in [5.41, 5.74) is 10.9. The van der Waals surface area contributed by atoms with Gasteiger partial charge in [-0.25, -0.2) is 0 Å². The number of allylic oxidation sites excluding steroid dienone is 1. The Morgan fingerprint density at radius 3 is 2.81 bits per heavy atom. The van der Waals surface area contributed by atoms with Crippen LogP contribution >= 0.6 is 15.9 Å². The summed E-state index contributed by atoms with van der Waals surface area (Å²) in [5.74, 6) is 1.10. The number of aromatic nitrogens is 2. The third-order valence-corrected chi connectivity index (χ3v) is 5.77. The SMILES string of the molecule is COc1cc([C@@H]2C(C#N)=C(N)Oc3n[nH]c(C)c32)cc(Br)c1OCc1cccc(C)c1. The topological polar surface area (TPSA) is 106 Å². The van der Waals surface area contributed by atoms with Gasteiger partial charge >= 0.3 is 0 Å². The third kappa shape index (κ3) is 3.84. The van der Waals surface area contributed by atoms with E-state index in [2.05, 4.69) is 38.3 Å². The maximum atomic E-state index is 9.76. The number of nitrogens with two attached hydrogens (primary N) is 1. The van der Waals surface area contributed by atoms with Crippen molar-refractivity contribution in [2.45, 2.75) is 26.4 Å². The molecule has 2 aromatic carbocycles. The number of nitrogens with one attached hydrogen (secondary N) is 1. The molecule has 0 radical (unpaired) electrons. The third-order valence-electron chi connectivity index (χ3n) is 5.18. The van der Waals surface area contributed by atoms with Gasteiger partial charge in [0.1, 0.15) is 18.2 Å². The first-order chi connectivity index (χ1) is 14.9. The average molecular weight is 481 g/mol. The van der Waals surface area contributed by atoms with Gasteiger partial charge in [0.15, 0.2) is 11.5 Å². The van der Waals surface area contributed by atoms with Gasteiger partial charge in [-0.2, -0.15) is 5.26 Å². The van der Waals surface area contributed by atoms with Crippen molar-refractivity contribution in [1.82, 2.24) is 10.2 Å². The summed E-state index contributed by atoms with van der Waals surface area (Å²) in [6.45, 7) is 4.32. The molecule has 2 heterocycles. The molecule has 3 aromatic rings. The molecule has 7 nitrogen and oxygen atoms in total. The monoisotopic (exact) mass is 480 g/mol. The molecule has 4 rings (SSSR count). The number of halogens is 1. The van der Waals surface area contributed by atoms with Crippen molar-refractivity contribution >= 4 is 15.9 Å². The molecule has 0 amide bonds. The Kier molecular flexibility index (Phi) is 5.61. The smallest absolute Gasteiger partial charge is 0.244 e. The molecule has 158 valence electrons. The van der Waals surface area contributed by atoms with Crippen molar-refractivity contribution < 1.29 is 14.2 Å². The van der Waals surface area contributed by atoms with Crippen LogP contribution < -0.4 is 19.9 Å². The highest BCUT2D eigenvalue weighted by atomic mass is 79.9. The van der Waals surface area contributed by atoms with Crippen molar-refractivity contribution in [3.8, 4) is 23.4 Å². The van der Waals surface area contributed by atoms with Crippen LogP contribution in [0.3, 0.4) is 0 Å². The number of rotatable bonds is 5. The van der Waals surface area contributed by atoms with E-state index in [1.165, 1.54) is 5.56 Å². The molecule has 0 saturated heterocycles. The summed E-state index contributed by atoms with van der Waals surface area (Å²) in [7, 11) is 1.58. The molecule has 0 unspecified atom stereocenters. The summed E-state index contributed by atoms with van der Waals surface area (Å²) in [6.07, 6.45) is 0. The Morgan fingerprint density at radius 2 is 2.10 bits per heavy atom. The molecule has 1 aromatic heterocycles. The normalized spacial score (nSPS) is 15.1. The van der Waals surface area contributed by atoms with Gasteiger partial charge in [0, 0.05) is 11.3 Å². The van der Waals surface area contributed by atoms with Gasteiger partial charge in [-0.05, 0) is 53.0 Å². The van der Waals surface area contributed by atoms with Crippen molar-refractivity contribution in [2.24, 2.45) is 5.73 Å². The fourth-order valence-corrected chi connectivity index (χ4v) is 4.31. The molecular weight excluding hydrogens is 460 g/mol. The van der Waals surface area contributed by atoms with E-state index in [4.69, 9.17) is 19.9 Å². The van der Waals surface area contributed by atoms with E-state index in [-0.39, 0.29) is 5.88 Å². The lowest BCUT2D eigenvalue weighted by Crippen LogP contribution is -2.21. The largest absolute Gasteiger partial charge is 0.493 e. The minimum absolute atomic E-state index is 0.0429. The van der Waals surface area contributed by atoms with Gasteiger partial charge in [0.25, 0.3) is 0 Å². The number of methoxy groups -OCH3 is 1. The van der Waals surface area contributed by atoms with Crippen LogP contribution in [-0.4, -0.2) is 17.3 Å². The number of ether oxygens (including phenoxy) is 3.